The Kier molecular flexibility index (Phi) is 10.1. The van der Waals surface area contributed by atoms with E-state index in [0.29, 0.717) is 22.6 Å². The molecule has 0 amide bonds. The first-order valence-electron chi connectivity index (χ1n) is 14.4. The molecule has 2 aliphatic heterocycles. The van der Waals surface area contributed by atoms with E-state index >= 15 is 0 Å². The third kappa shape index (κ3) is 6.01. The summed E-state index contributed by atoms with van der Waals surface area (Å²) in [7, 11) is 4.35. The monoisotopic (exact) mass is 650 g/mol. The summed E-state index contributed by atoms with van der Waals surface area (Å²) < 4.78 is 45.4. The molecule has 0 aliphatic carbocycles. The molecule has 3 heterocycles. The Balaban J connectivity index is 1.60. The highest BCUT2D eigenvalue weighted by Gasteiger charge is 2.51. The quantitative estimate of drug-likeness (QED) is 0.177. The van der Waals surface area contributed by atoms with Gasteiger partial charge in [0.1, 0.15) is 65.4 Å². The minimum absolute atomic E-state index is 0.0322. The molecule has 2 aliphatic rings. The molecule has 5 rings (SSSR count). The van der Waals surface area contributed by atoms with Crippen LogP contribution in [0.2, 0.25) is 0 Å². The molecule has 2 saturated heterocycles. The fourth-order valence-corrected chi connectivity index (χ4v) is 5.59. The zero-order valence-corrected chi connectivity index (χ0v) is 25.7. The lowest BCUT2D eigenvalue weighted by Crippen LogP contribution is -2.64. The van der Waals surface area contributed by atoms with Crippen LogP contribution in [0.25, 0.3) is 22.1 Å². The third-order valence-electron chi connectivity index (χ3n) is 8.29. The normalized spacial score (nSPS) is 31.5. The van der Waals surface area contributed by atoms with Crippen LogP contribution in [0.15, 0.2) is 39.7 Å². The topological polar surface area (TPSA) is 216 Å². The van der Waals surface area contributed by atoms with Crippen molar-refractivity contribution in [1.82, 2.24) is 0 Å². The van der Waals surface area contributed by atoms with Gasteiger partial charge in [-0.3, -0.25) is 4.79 Å². The van der Waals surface area contributed by atoms with Crippen molar-refractivity contribution in [2.45, 2.75) is 75.3 Å². The van der Waals surface area contributed by atoms with E-state index in [1.54, 1.807) is 25.1 Å². The first-order chi connectivity index (χ1) is 21.9. The number of methoxy groups -OCH3 is 3. The van der Waals surface area contributed by atoms with Crippen LogP contribution in [0, 0.1) is 6.92 Å². The average molecular weight is 651 g/mol. The zero-order valence-electron chi connectivity index (χ0n) is 25.7. The molecule has 10 atom stereocenters. The lowest BCUT2D eigenvalue weighted by molar-refractivity contribution is -0.354. The van der Waals surface area contributed by atoms with E-state index in [9.17, 15) is 35.4 Å². The van der Waals surface area contributed by atoms with Gasteiger partial charge in [0.25, 0.3) is 0 Å². The van der Waals surface area contributed by atoms with E-state index in [0.717, 1.165) is 0 Å². The lowest BCUT2D eigenvalue weighted by Gasteiger charge is -2.45. The molecule has 15 nitrogen and oxygen atoms in total. The second-order valence-electron chi connectivity index (χ2n) is 11.1. The van der Waals surface area contributed by atoms with Gasteiger partial charge in [0, 0.05) is 11.6 Å². The Morgan fingerprint density at radius 1 is 0.783 bits per heavy atom. The van der Waals surface area contributed by atoms with Crippen LogP contribution in [0.4, 0.5) is 0 Å². The zero-order chi connectivity index (χ0) is 33.4. The van der Waals surface area contributed by atoms with Gasteiger partial charge in [0.2, 0.25) is 11.7 Å². The molecule has 6 N–H and O–H groups in total. The van der Waals surface area contributed by atoms with Crippen LogP contribution in [-0.2, 0) is 14.2 Å². The van der Waals surface area contributed by atoms with Gasteiger partial charge in [-0.15, -0.1) is 0 Å². The fraction of sp³-hybridized carbons (Fsp3) is 0.516. The molecule has 0 saturated carbocycles. The SMILES string of the molecule is COc1ccc(-c2coc3c(C)c(OC)cc(O[C@@H]4O[C@H](CO)[C@H](O)[C@H](O)[C@H]4O[C@@H]4O[C@@H](C)[C@H](O)[C@H](O)[C@@H]4O)c3c2=O)cc1OC. The Hall–Kier alpha value is -3.51. The van der Waals surface area contributed by atoms with E-state index in [4.69, 9.17) is 37.6 Å². The van der Waals surface area contributed by atoms with Gasteiger partial charge < -0.3 is 68.2 Å². The largest absolute Gasteiger partial charge is 0.496 e. The molecular formula is C31H38O15. The lowest BCUT2D eigenvalue weighted by atomic mass is 9.97. The number of ether oxygens (including phenoxy) is 7. The second-order valence-corrected chi connectivity index (χ2v) is 11.1. The van der Waals surface area contributed by atoms with E-state index in [-0.39, 0.29) is 28.0 Å². The maximum absolute atomic E-state index is 14.1. The highest BCUT2D eigenvalue weighted by atomic mass is 16.8. The van der Waals surface area contributed by atoms with Gasteiger partial charge in [-0.2, -0.15) is 0 Å². The molecule has 0 spiro atoms. The number of hydrogen-bond acceptors (Lipinski definition) is 15. The number of hydrogen-bond donors (Lipinski definition) is 6. The van der Waals surface area contributed by atoms with E-state index in [1.165, 1.54) is 40.6 Å². The van der Waals surface area contributed by atoms with Crippen LogP contribution < -0.4 is 24.4 Å². The van der Waals surface area contributed by atoms with E-state index < -0.39 is 73.4 Å². The Labute approximate surface area is 263 Å². The third-order valence-corrected chi connectivity index (χ3v) is 8.29. The van der Waals surface area contributed by atoms with Crippen LogP contribution in [0.5, 0.6) is 23.0 Å². The number of aryl methyl sites for hydroxylation is 1. The molecule has 15 heteroatoms. The molecule has 0 bridgehead atoms. The number of rotatable bonds is 9. The van der Waals surface area contributed by atoms with Gasteiger partial charge >= 0.3 is 0 Å². The van der Waals surface area contributed by atoms with Crippen molar-refractivity contribution < 1.29 is 68.2 Å². The molecule has 0 radical (unpaired) electrons. The molecule has 252 valence electrons. The maximum atomic E-state index is 14.1. The smallest absolute Gasteiger partial charge is 0.229 e. The summed E-state index contributed by atoms with van der Waals surface area (Å²) in [6.07, 6.45) is -14.2. The van der Waals surface area contributed by atoms with Crippen molar-refractivity contribution in [1.29, 1.82) is 0 Å². The summed E-state index contributed by atoms with van der Waals surface area (Å²) in [5.74, 6) is 0.971. The van der Waals surface area contributed by atoms with Crippen molar-refractivity contribution in [3.05, 3.63) is 46.3 Å². The summed E-state index contributed by atoms with van der Waals surface area (Å²) >= 11 is 0. The Morgan fingerprint density at radius 3 is 2.13 bits per heavy atom. The van der Waals surface area contributed by atoms with Crippen molar-refractivity contribution in [2.24, 2.45) is 0 Å². The van der Waals surface area contributed by atoms with Gasteiger partial charge in [0.15, 0.2) is 23.9 Å². The molecule has 3 aromatic rings. The first-order valence-corrected chi connectivity index (χ1v) is 14.4. The first kappa shape index (κ1) is 33.8. The van der Waals surface area contributed by atoms with Crippen LogP contribution >= 0.6 is 0 Å². The molecule has 46 heavy (non-hydrogen) atoms. The molecule has 2 aromatic carbocycles. The predicted molar refractivity (Wildman–Crippen MR) is 158 cm³/mol. The van der Waals surface area contributed by atoms with Crippen LogP contribution in [0.1, 0.15) is 12.5 Å². The van der Waals surface area contributed by atoms with Gasteiger partial charge in [0.05, 0.1) is 39.6 Å². The Morgan fingerprint density at radius 2 is 1.48 bits per heavy atom. The van der Waals surface area contributed by atoms with E-state index in [1.807, 2.05) is 0 Å². The summed E-state index contributed by atoms with van der Waals surface area (Å²) in [5.41, 5.74) is 0.665. The Bertz CT molecular complexity index is 1590. The standard InChI is InChI=1S/C31H38O15/c1-12-17(40-4)9-19(21-23(34)15(11-42-28(12)21)14-6-7-16(39-3)18(8-14)41-5)44-31-29(26(37)24(35)20(10-32)45-31)46-30-27(38)25(36)22(33)13(2)43-30/h6-9,11,13,20,22,24-27,29-33,35-38H,10H2,1-5H3/t13-,20+,22-,24-,25-,26-,27-,29+,30-,31+/m0/s1. The average Bonchev–Trinajstić information content (AvgIpc) is 3.06. The van der Waals surface area contributed by atoms with Gasteiger partial charge in [-0.05, 0) is 31.5 Å². The summed E-state index contributed by atoms with van der Waals surface area (Å²) in [5, 5.41) is 62.5. The van der Waals surface area contributed by atoms with Crippen LogP contribution in [0.3, 0.4) is 0 Å². The maximum Gasteiger partial charge on any atom is 0.229 e. The summed E-state index contributed by atoms with van der Waals surface area (Å²) in [6, 6.07) is 6.29. The highest BCUT2D eigenvalue weighted by Crippen LogP contribution is 2.39. The minimum atomic E-state index is -1.77. The van der Waals surface area contributed by atoms with Crippen molar-refractivity contribution in [3.8, 4) is 34.1 Å². The minimum Gasteiger partial charge on any atom is -0.496 e. The number of benzene rings is 2. The molecule has 1 aromatic heterocycles. The summed E-state index contributed by atoms with van der Waals surface area (Å²) in [4.78, 5) is 14.1. The second kappa shape index (κ2) is 13.7. The number of fused-ring (bicyclic) bond motifs is 1. The van der Waals surface area contributed by atoms with Crippen molar-refractivity contribution in [2.75, 3.05) is 27.9 Å². The van der Waals surface area contributed by atoms with E-state index in [2.05, 4.69) is 0 Å². The predicted octanol–water partition coefficient (Wildman–Crippen LogP) is -0.175. The molecule has 2 fully saturated rings. The molecule has 0 unspecified atom stereocenters. The summed E-state index contributed by atoms with van der Waals surface area (Å²) in [6.45, 7) is 2.39. The van der Waals surface area contributed by atoms with Gasteiger partial charge in [-0.1, -0.05) is 6.07 Å². The van der Waals surface area contributed by atoms with Crippen LogP contribution in [-0.4, -0.2) is 120 Å². The fourth-order valence-electron chi connectivity index (χ4n) is 5.59. The van der Waals surface area contributed by atoms with Crippen molar-refractivity contribution in [3.63, 3.8) is 0 Å². The number of aliphatic hydroxyl groups is 6. The highest BCUT2D eigenvalue weighted by molar-refractivity contribution is 5.91. The van der Waals surface area contributed by atoms with Crippen molar-refractivity contribution >= 4 is 11.0 Å². The van der Waals surface area contributed by atoms with Gasteiger partial charge in [-0.25, -0.2) is 0 Å². The molecular weight excluding hydrogens is 612 g/mol. The number of aliphatic hydroxyl groups excluding tert-OH is 6.